The maximum atomic E-state index is 12.4. The van der Waals surface area contributed by atoms with Gasteiger partial charge in [-0.2, -0.15) is 4.72 Å². The highest BCUT2D eigenvalue weighted by Gasteiger charge is 2.23. The number of nitrogens with one attached hydrogen (secondary N) is 2. The van der Waals surface area contributed by atoms with Crippen LogP contribution in [0.2, 0.25) is 0 Å². The number of carbonyl (C=O) groups is 1. The van der Waals surface area contributed by atoms with Crippen molar-refractivity contribution in [3.8, 4) is 5.75 Å². The van der Waals surface area contributed by atoms with Gasteiger partial charge in [0.1, 0.15) is 5.75 Å². The molecule has 0 radical (unpaired) electrons. The van der Waals surface area contributed by atoms with Crippen molar-refractivity contribution >= 4 is 15.9 Å². The third-order valence-corrected chi connectivity index (χ3v) is 5.31. The van der Waals surface area contributed by atoms with Gasteiger partial charge in [-0.25, -0.2) is 8.42 Å². The third kappa shape index (κ3) is 5.04. The van der Waals surface area contributed by atoms with E-state index in [2.05, 4.69) is 10.0 Å². The molecular weight excluding hydrogens is 340 g/mol. The van der Waals surface area contributed by atoms with E-state index in [4.69, 9.17) is 4.74 Å². The van der Waals surface area contributed by atoms with Crippen molar-refractivity contribution < 1.29 is 17.9 Å². The second-order valence-electron chi connectivity index (χ2n) is 5.66. The predicted octanol–water partition coefficient (Wildman–Crippen LogP) is 2.24. The molecule has 0 aliphatic carbocycles. The Morgan fingerprint density at radius 1 is 1.00 bits per heavy atom. The molecule has 2 aromatic carbocycles. The first-order valence-electron chi connectivity index (χ1n) is 7.85. The Kier molecular flexibility index (Phi) is 6.17. The number of carbonyl (C=O) groups excluding carboxylic acids is 1. The standard InChI is InChI=1S/C18H22N2O4S/c1-13(15-7-5-4-6-8-15)19-18(21)14(2)20-25(22,23)17-11-9-16(24-3)10-12-17/h4-14,20H,1-3H3,(H,19,21)/t13-,14-/m1/s1. The lowest BCUT2D eigenvalue weighted by molar-refractivity contribution is -0.123. The van der Waals surface area contributed by atoms with Gasteiger partial charge >= 0.3 is 0 Å². The van der Waals surface area contributed by atoms with E-state index in [9.17, 15) is 13.2 Å². The summed E-state index contributed by atoms with van der Waals surface area (Å²) < 4.78 is 32.1. The van der Waals surface area contributed by atoms with Crippen molar-refractivity contribution in [2.24, 2.45) is 0 Å². The molecule has 0 bridgehead atoms. The molecule has 0 unspecified atom stereocenters. The van der Waals surface area contributed by atoms with E-state index in [1.165, 1.54) is 26.2 Å². The lowest BCUT2D eigenvalue weighted by Gasteiger charge is -2.19. The molecule has 0 saturated heterocycles. The summed E-state index contributed by atoms with van der Waals surface area (Å²) in [6.45, 7) is 3.35. The number of hydrogen-bond acceptors (Lipinski definition) is 4. The van der Waals surface area contributed by atoms with E-state index in [1.54, 1.807) is 12.1 Å². The first-order chi connectivity index (χ1) is 11.8. The van der Waals surface area contributed by atoms with Crippen molar-refractivity contribution in [2.75, 3.05) is 7.11 Å². The highest BCUT2D eigenvalue weighted by atomic mass is 32.2. The van der Waals surface area contributed by atoms with Crippen molar-refractivity contribution in [2.45, 2.75) is 30.8 Å². The van der Waals surface area contributed by atoms with Crippen molar-refractivity contribution in [1.29, 1.82) is 0 Å². The van der Waals surface area contributed by atoms with Gasteiger partial charge < -0.3 is 10.1 Å². The van der Waals surface area contributed by atoms with E-state index < -0.39 is 22.0 Å². The largest absolute Gasteiger partial charge is 0.497 e. The Labute approximate surface area is 148 Å². The maximum Gasteiger partial charge on any atom is 0.241 e. The molecule has 2 N–H and O–H groups in total. The Balaban J connectivity index is 2.01. The molecule has 2 aromatic rings. The van der Waals surface area contributed by atoms with Crippen LogP contribution in [0.15, 0.2) is 59.5 Å². The molecule has 0 aliphatic rings. The Morgan fingerprint density at radius 2 is 1.60 bits per heavy atom. The minimum Gasteiger partial charge on any atom is -0.497 e. The number of methoxy groups -OCH3 is 1. The smallest absolute Gasteiger partial charge is 0.241 e. The van der Waals surface area contributed by atoms with Crippen molar-refractivity contribution in [3.63, 3.8) is 0 Å². The molecule has 7 heteroatoms. The number of sulfonamides is 1. The quantitative estimate of drug-likeness (QED) is 0.791. The molecule has 0 saturated carbocycles. The molecule has 2 rings (SSSR count). The van der Waals surface area contributed by atoms with Gasteiger partial charge in [0.25, 0.3) is 0 Å². The molecule has 0 heterocycles. The van der Waals surface area contributed by atoms with Gasteiger partial charge in [-0.3, -0.25) is 4.79 Å². The minimum atomic E-state index is -3.80. The summed E-state index contributed by atoms with van der Waals surface area (Å²) in [6, 6.07) is 14.3. The van der Waals surface area contributed by atoms with Crippen LogP contribution >= 0.6 is 0 Å². The van der Waals surface area contributed by atoms with Gasteiger partial charge in [0, 0.05) is 0 Å². The molecule has 0 fully saturated rings. The molecular formula is C18H22N2O4S. The van der Waals surface area contributed by atoms with E-state index in [0.717, 1.165) is 5.56 Å². The van der Waals surface area contributed by atoms with Crippen LogP contribution in [0.4, 0.5) is 0 Å². The summed E-state index contributed by atoms with van der Waals surface area (Å²) in [7, 11) is -2.29. The van der Waals surface area contributed by atoms with Crippen LogP contribution in [0, 0.1) is 0 Å². The van der Waals surface area contributed by atoms with Gasteiger partial charge in [-0.1, -0.05) is 30.3 Å². The van der Waals surface area contributed by atoms with Crippen LogP contribution in [0.25, 0.3) is 0 Å². The normalized spacial score (nSPS) is 13.7. The third-order valence-electron chi connectivity index (χ3n) is 3.75. The molecule has 25 heavy (non-hydrogen) atoms. The van der Waals surface area contributed by atoms with E-state index in [1.807, 2.05) is 37.3 Å². The highest BCUT2D eigenvalue weighted by Crippen LogP contribution is 2.16. The topological polar surface area (TPSA) is 84.5 Å². The highest BCUT2D eigenvalue weighted by molar-refractivity contribution is 7.89. The zero-order valence-corrected chi connectivity index (χ0v) is 15.2. The predicted molar refractivity (Wildman–Crippen MR) is 95.8 cm³/mol. The fourth-order valence-corrected chi connectivity index (χ4v) is 3.48. The maximum absolute atomic E-state index is 12.4. The monoisotopic (exact) mass is 362 g/mol. The number of rotatable bonds is 7. The lowest BCUT2D eigenvalue weighted by atomic mass is 10.1. The van der Waals surface area contributed by atoms with Crippen LogP contribution in [0.1, 0.15) is 25.5 Å². The average molecular weight is 362 g/mol. The summed E-state index contributed by atoms with van der Waals surface area (Å²) in [4.78, 5) is 12.4. The van der Waals surface area contributed by atoms with Crippen molar-refractivity contribution in [3.05, 3.63) is 60.2 Å². The molecule has 1 amide bonds. The summed E-state index contributed by atoms with van der Waals surface area (Å²) in [5.41, 5.74) is 0.945. The fourth-order valence-electron chi connectivity index (χ4n) is 2.27. The summed E-state index contributed by atoms with van der Waals surface area (Å²) in [5.74, 6) is 0.162. The lowest BCUT2D eigenvalue weighted by Crippen LogP contribution is -2.45. The van der Waals surface area contributed by atoms with Crippen LogP contribution < -0.4 is 14.8 Å². The molecule has 0 aliphatic heterocycles. The molecule has 0 spiro atoms. The Hall–Kier alpha value is -2.38. The van der Waals surface area contributed by atoms with Gasteiger partial charge in [-0.05, 0) is 43.7 Å². The number of hydrogen-bond donors (Lipinski definition) is 2. The first kappa shape index (κ1) is 19.0. The van der Waals surface area contributed by atoms with Gasteiger partial charge in [-0.15, -0.1) is 0 Å². The first-order valence-corrected chi connectivity index (χ1v) is 9.33. The van der Waals surface area contributed by atoms with Crippen molar-refractivity contribution in [1.82, 2.24) is 10.0 Å². The van der Waals surface area contributed by atoms with Gasteiger partial charge in [0.05, 0.1) is 24.1 Å². The molecule has 2 atom stereocenters. The molecule has 0 aromatic heterocycles. The van der Waals surface area contributed by atoms with E-state index in [-0.39, 0.29) is 10.9 Å². The zero-order valence-electron chi connectivity index (χ0n) is 14.4. The van der Waals surface area contributed by atoms with E-state index >= 15 is 0 Å². The minimum absolute atomic E-state index is 0.0732. The van der Waals surface area contributed by atoms with E-state index in [0.29, 0.717) is 5.75 Å². The molecule has 6 nitrogen and oxygen atoms in total. The van der Waals surface area contributed by atoms with Gasteiger partial charge in [0.15, 0.2) is 0 Å². The van der Waals surface area contributed by atoms with Crippen LogP contribution in [-0.2, 0) is 14.8 Å². The second kappa shape index (κ2) is 8.13. The zero-order chi connectivity index (χ0) is 18.4. The number of amides is 1. The summed E-state index contributed by atoms with van der Waals surface area (Å²) in [6.07, 6.45) is 0. The van der Waals surface area contributed by atoms with Crippen LogP contribution in [0.5, 0.6) is 5.75 Å². The molecule has 134 valence electrons. The Bertz CT molecular complexity index is 805. The summed E-state index contributed by atoms with van der Waals surface area (Å²) in [5, 5.41) is 2.80. The van der Waals surface area contributed by atoms with Gasteiger partial charge in [0.2, 0.25) is 15.9 Å². The Morgan fingerprint density at radius 3 is 2.16 bits per heavy atom. The van der Waals surface area contributed by atoms with Crippen LogP contribution in [0.3, 0.4) is 0 Å². The SMILES string of the molecule is COc1ccc(S(=O)(=O)N[C@H](C)C(=O)N[C@H](C)c2ccccc2)cc1. The van der Waals surface area contributed by atoms with Crippen LogP contribution in [-0.4, -0.2) is 27.5 Å². The summed E-state index contributed by atoms with van der Waals surface area (Å²) >= 11 is 0. The number of ether oxygens (including phenoxy) is 1. The fraction of sp³-hybridized carbons (Fsp3) is 0.278. The second-order valence-corrected chi connectivity index (χ2v) is 7.37. The number of benzene rings is 2. The average Bonchev–Trinajstić information content (AvgIpc) is 2.62.